The van der Waals surface area contributed by atoms with Crippen molar-refractivity contribution in [2.24, 2.45) is 0 Å². The number of para-hydroxylation sites is 4. The van der Waals surface area contributed by atoms with Crippen LogP contribution in [0.15, 0.2) is 170 Å². The number of rotatable bonds is 5. The summed E-state index contributed by atoms with van der Waals surface area (Å²) in [5.41, 5.74) is 9.07. The van der Waals surface area contributed by atoms with Crippen LogP contribution in [0.25, 0.3) is 89.3 Å². The van der Waals surface area contributed by atoms with E-state index in [-0.39, 0.29) is 0 Å². The standard InChI is InChI=1S/C44H28N6/c1-4-15-29(16-5-1)42-46-43(30-17-6-2-7-18-30)48-44(47-42)50-39-26-13-10-21-32(39)34-23-14-24-35(41(34)50)37-27-40-36(28-45-37)33-22-11-12-25-38(33)49(40)31-19-8-3-9-20-31/h1-28H. The SMILES string of the molecule is c1ccc(-c2nc(-c3ccccc3)nc(-n3c4ccccc4c4cccc(-c5cc6c(cn5)c5ccccc5n6-c5ccccc5)c43)n2)cc1. The molecule has 0 amide bonds. The molecular weight excluding hydrogens is 613 g/mol. The average molecular weight is 641 g/mol. The smallest absolute Gasteiger partial charge is 0.238 e. The molecule has 234 valence electrons. The Labute approximate surface area is 287 Å². The van der Waals surface area contributed by atoms with Crippen molar-refractivity contribution in [3.05, 3.63) is 170 Å². The largest absolute Gasteiger partial charge is 0.309 e. The third-order valence-corrected chi connectivity index (χ3v) is 9.43. The molecule has 0 unspecified atom stereocenters. The van der Waals surface area contributed by atoms with E-state index in [9.17, 15) is 0 Å². The van der Waals surface area contributed by atoms with Gasteiger partial charge in [-0.1, -0.05) is 133 Å². The molecule has 50 heavy (non-hydrogen) atoms. The molecule has 4 aromatic heterocycles. The molecule has 10 aromatic rings. The second kappa shape index (κ2) is 11.4. The first-order valence-corrected chi connectivity index (χ1v) is 16.7. The van der Waals surface area contributed by atoms with Gasteiger partial charge in [-0.2, -0.15) is 9.97 Å². The lowest BCUT2D eigenvalue weighted by atomic mass is 10.1. The van der Waals surface area contributed by atoms with Crippen LogP contribution in [-0.2, 0) is 0 Å². The Balaban J connectivity index is 1.28. The Morgan fingerprint density at radius 2 is 0.940 bits per heavy atom. The summed E-state index contributed by atoms with van der Waals surface area (Å²) >= 11 is 0. The molecule has 0 spiro atoms. The number of pyridine rings is 1. The fourth-order valence-electron chi connectivity index (χ4n) is 7.20. The van der Waals surface area contributed by atoms with E-state index < -0.39 is 0 Å². The van der Waals surface area contributed by atoms with Crippen molar-refractivity contribution >= 4 is 43.6 Å². The lowest BCUT2D eigenvalue weighted by molar-refractivity contribution is 0.953. The summed E-state index contributed by atoms with van der Waals surface area (Å²) in [6, 6.07) is 56.4. The maximum atomic E-state index is 5.16. The molecule has 0 aliphatic heterocycles. The number of benzene rings is 6. The summed E-state index contributed by atoms with van der Waals surface area (Å²) < 4.78 is 4.51. The molecule has 6 aromatic carbocycles. The molecule has 6 heteroatoms. The van der Waals surface area contributed by atoms with Crippen LogP contribution in [-0.4, -0.2) is 29.1 Å². The van der Waals surface area contributed by atoms with Gasteiger partial charge in [0.15, 0.2) is 11.6 Å². The second-order valence-electron chi connectivity index (χ2n) is 12.3. The minimum Gasteiger partial charge on any atom is -0.309 e. The van der Waals surface area contributed by atoms with Gasteiger partial charge in [0, 0.05) is 50.1 Å². The summed E-state index contributed by atoms with van der Waals surface area (Å²) in [4.78, 5) is 20.4. The van der Waals surface area contributed by atoms with Gasteiger partial charge in [0.2, 0.25) is 5.95 Å². The molecule has 6 nitrogen and oxygen atoms in total. The molecule has 0 atom stereocenters. The summed E-state index contributed by atoms with van der Waals surface area (Å²) in [7, 11) is 0. The lowest BCUT2D eigenvalue weighted by Crippen LogP contribution is -2.07. The van der Waals surface area contributed by atoms with E-state index >= 15 is 0 Å². The Morgan fingerprint density at radius 1 is 0.400 bits per heavy atom. The number of hydrogen-bond donors (Lipinski definition) is 0. The van der Waals surface area contributed by atoms with Crippen molar-refractivity contribution in [2.45, 2.75) is 0 Å². The van der Waals surface area contributed by atoms with Gasteiger partial charge in [0.05, 0.1) is 27.8 Å². The molecule has 0 aliphatic rings. The first-order chi connectivity index (χ1) is 24.8. The van der Waals surface area contributed by atoms with E-state index in [0.717, 1.165) is 66.3 Å². The van der Waals surface area contributed by atoms with Crippen LogP contribution in [0.4, 0.5) is 0 Å². The summed E-state index contributed by atoms with van der Waals surface area (Å²) in [5.74, 6) is 1.78. The molecular formula is C44H28N6. The highest BCUT2D eigenvalue weighted by molar-refractivity contribution is 6.14. The quantitative estimate of drug-likeness (QED) is 0.188. The molecule has 0 saturated heterocycles. The van der Waals surface area contributed by atoms with Gasteiger partial charge in [-0.05, 0) is 30.3 Å². The van der Waals surface area contributed by atoms with Gasteiger partial charge in [-0.3, -0.25) is 9.55 Å². The predicted molar refractivity (Wildman–Crippen MR) is 203 cm³/mol. The molecule has 0 bridgehead atoms. The van der Waals surface area contributed by atoms with Crippen LogP contribution >= 0.6 is 0 Å². The Kier molecular flexibility index (Phi) is 6.39. The zero-order valence-corrected chi connectivity index (χ0v) is 26.8. The Hall–Kier alpha value is -6.92. The maximum Gasteiger partial charge on any atom is 0.238 e. The Morgan fingerprint density at radius 3 is 1.60 bits per heavy atom. The van der Waals surface area contributed by atoms with Gasteiger partial charge in [-0.25, -0.2) is 4.98 Å². The van der Waals surface area contributed by atoms with Gasteiger partial charge >= 0.3 is 0 Å². The third kappa shape index (κ3) is 4.43. The van der Waals surface area contributed by atoms with Crippen LogP contribution in [0, 0.1) is 0 Å². The van der Waals surface area contributed by atoms with Crippen LogP contribution in [0.1, 0.15) is 0 Å². The molecule has 0 N–H and O–H groups in total. The van der Waals surface area contributed by atoms with Crippen LogP contribution in [0.5, 0.6) is 0 Å². The first-order valence-electron chi connectivity index (χ1n) is 16.7. The van der Waals surface area contributed by atoms with E-state index in [1.165, 1.54) is 5.39 Å². The summed E-state index contributed by atoms with van der Waals surface area (Å²) in [5, 5.41) is 4.50. The number of aromatic nitrogens is 6. The highest BCUT2D eigenvalue weighted by Crippen LogP contribution is 2.39. The molecule has 10 rings (SSSR count). The number of fused-ring (bicyclic) bond motifs is 6. The molecule has 4 heterocycles. The zero-order valence-electron chi connectivity index (χ0n) is 26.8. The average Bonchev–Trinajstić information content (AvgIpc) is 3.71. The minimum absolute atomic E-state index is 0.552. The van der Waals surface area contributed by atoms with Crippen molar-refractivity contribution in [2.75, 3.05) is 0 Å². The highest BCUT2D eigenvalue weighted by atomic mass is 15.2. The van der Waals surface area contributed by atoms with Gasteiger partial charge in [0.1, 0.15) is 0 Å². The van der Waals surface area contributed by atoms with Crippen LogP contribution in [0.2, 0.25) is 0 Å². The van der Waals surface area contributed by atoms with Crippen molar-refractivity contribution in [3.8, 4) is 45.7 Å². The monoisotopic (exact) mass is 640 g/mol. The fraction of sp³-hybridized carbons (Fsp3) is 0. The molecule has 0 aliphatic carbocycles. The lowest BCUT2D eigenvalue weighted by Gasteiger charge is -2.13. The minimum atomic E-state index is 0.552. The third-order valence-electron chi connectivity index (χ3n) is 9.43. The van der Waals surface area contributed by atoms with Crippen LogP contribution < -0.4 is 0 Å². The number of hydrogen-bond acceptors (Lipinski definition) is 4. The Bertz CT molecular complexity index is 2800. The molecule has 0 fully saturated rings. The van der Waals surface area contributed by atoms with Gasteiger partial charge in [0.25, 0.3) is 0 Å². The van der Waals surface area contributed by atoms with Crippen molar-refractivity contribution in [1.82, 2.24) is 29.1 Å². The van der Waals surface area contributed by atoms with Crippen molar-refractivity contribution in [3.63, 3.8) is 0 Å². The number of nitrogens with zero attached hydrogens (tertiary/aromatic N) is 6. The van der Waals surface area contributed by atoms with E-state index in [2.05, 4.69) is 112 Å². The van der Waals surface area contributed by atoms with Crippen molar-refractivity contribution in [1.29, 1.82) is 0 Å². The zero-order chi connectivity index (χ0) is 33.0. The topological polar surface area (TPSA) is 61.4 Å². The molecule has 0 saturated carbocycles. The van der Waals surface area contributed by atoms with E-state index in [1.807, 2.05) is 66.9 Å². The molecule has 0 radical (unpaired) electrons. The predicted octanol–water partition coefficient (Wildman–Crippen LogP) is 10.5. The first kappa shape index (κ1) is 28.1. The highest BCUT2D eigenvalue weighted by Gasteiger charge is 2.22. The fourth-order valence-corrected chi connectivity index (χ4v) is 7.20. The van der Waals surface area contributed by atoms with Crippen LogP contribution in [0.3, 0.4) is 0 Å². The van der Waals surface area contributed by atoms with E-state index in [1.54, 1.807) is 0 Å². The summed E-state index contributed by atoms with van der Waals surface area (Å²) in [6.45, 7) is 0. The van der Waals surface area contributed by atoms with Gasteiger partial charge in [-0.15, -0.1) is 0 Å². The second-order valence-corrected chi connectivity index (χ2v) is 12.3. The van der Waals surface area contributed by atoms with Crippen molar-refractivity contribution < 1.29 is 0 Å². The maximum absolute atomic E-state index is 5.16. The van der Waals surface area contributed by atoms with Gasteiger partial charge < -0.3 is 4.57 Å². The van der Waals surface area contributed by atoms with E-state index in [0.29, 0.717) is 17.6 Å². The summed E-state index contributed by atoms with van der Waals surface area (Å²) in [6.07, 6.45) is 2.02. The normalized spacial score (nSPS) is 11.6. The van der Waals surface area contributed by atoms with E-state index in [4.69, 9.17) is 19.9 Å².